The predicted molar refractivity (Wildman–Crippen MR) is 98.9 cm³/mol. The normalized spacial score (nSPS) is 16.6. The van der Waals surface area contributed by atoms with Crippen LogP contribution in [0.4, 0.5) is 4.39 Å². The zero-order chi connectivity index (χ0) is 18.0. The summed E-state index contributed by atoms with van der Waals surface area (Å²) in [7, 11) is 0. The second-order valence-corrected chi connectivity index (χ2v) is 7.80. The molecular weight excluding hydrogens is 317 g/mol. The molecule has 1 aromatic carbocycles. The van der Waals surface area contributed by atoms with Crippen LogP contribution in [0.5, 0.6) is 0 Å². The highest BCUT2D eigenvalue weighted by atomic mass is 19.1. The van der Waals surface area contributed by atoms with Crippen molar-refractivity contribution in [2.24, 2.45) is 0 Å². The number of esters is 1. The van der Waals surface area contributed by atoms with Crippen LogP contribution in [-0.2, 0) is 9.53 Å². The van der Waals surface area contributed by atoms with Gasteiger partial charge in [-0.05, 0) is 64.0 Å². The average Bonchev–Trinajstić information content (AvgIpc) is 2.89. The molecular formula is C21H26FNO2. The molecule has 1 saturated carbocycles. The summed E-state index contributed by atoms with van der Waals surface area (Å²) in [6.45, 7) is 5.54. The van der Waals surface area contributed by atoms with Crippen LogP contribution in [0.25, 0.3) is 17.0 Å². The molecule has 1 aliphatic carbocycles. The molecule has 0 spiro atoms. The SMILES string of the molecule is CC(C)(C)OC(=O)/C=C/c1cc2cc(F)ccc2n1C1CCCCC1. The van der Waals surface area contributed by atoms with E-state index in [-0.39, 0.29) is 11.8 Å². The number of ether oxygens (including phenoxy) is 1. The van der Waals surface area contributed by atoms with Crippen LogP contribution in [0.2, 0.25) is 0 Å². The van der Waals surface area contributed by atoms with Crippen molar-refractivity contribution in [1.29, 1.82) is 0 Å². The monoisotopic (exact) mass is 343 g/mol. The molecule has 1 fully saturated rings. The van der Waals surface area contributed by atoms with Crippen LogP contribution in [0.1, 0.15) is 64.6 Å². The van der Waals surface area contributed by atoms with E-state index in [9.17, 15) is 9.18 Å². The fraction of sp³-hybridized carbons (Fsp3) is 0.476. The first kappa shape index (κ1) is 17.7. The molecule has 25 heavy (non-hydrogen) atoms. The first-order valence-corrected chi connectivity index (χ1v) is 9.05. The van der Waals surface area contributed by atoms with Gasteiger partial charge in [-0.2, -0.15) is 0 Å². The summed E-state index contributed by atoms with van der Waals surface area (Å²) in [5.41, 5.74) is 1.44. The fourth-order valence-corrected chi connectivity index (χ4v) is 3.59. The fourth-order valence-electron chi connectivity index (χ4n) is 3.59. The third kappa shape index (κ3) is 4.30. The molecule has 0 amide bonds. The molecule has 0 saturated heterocycles. The van der Waals surface area contributed by atoms with Crippen molar-refractivity contribution in [3.8, 4) is 0 Å². The average molecular weight is 343 g/mol. The van der Waals surface area contributed by atoms with Gasteiger partial charge in [0.05, 0.1) is 0 Å². The van der Waals surface area contributed by atoms with Crippen molar-refractivity contribution in [3.05, 3.63) is 41.9 Å². The van der Waals surface area contributed by atoms with Crippen molar-refractivity contribution < 1.29 is 13.9 Å². The topological polar surface area (TPSA) is 31.2 Å². The minimum atomic E-state index is -0.513. The van der Waals surface area contributed by atoms with Crippen molar-refractivity contribution in [3.63, 3.8) is 0 Å². The van der Waals surface area contributed by atoms with E-state index in [1.165, 1.54) is 31.4 Å². The van der Waals surface area contributed by atoms with Gasteiger partial charge in [0.15, 0.2) is 0 Å². The van der Waals surface area contributed by atoms with Crippen LogP contribution >= 0.6 is 0 Å². The second kappa shape index (κ2) is 7.03. The lowest BCUT2D eigenvalue weighted by Crippen LogP contribution is -2.22. The maximum absolute atomic E-state index is 13.6. The van der Waals surface area contributed by atoms with E-state index in [4.69, 9.17) is 4.74 Å². The smallest absolute Gasteiger partial charge is 0.331 e. The van der Waals surface area contributed by atoms with E-state index in [0.29, 0.717) is 6.04 Å². The Balaban J connectivity index is 1.96. The van der Waals surface area contributed by atoms with E-state index in [1.807, 2.05) is 32.9 Å². The summed E-state index contributed by atoms with van der Waals surface area (Å²) in [6, 6.07) is 7.25. The van der Waals surface area contributed by atoms with E-state index in [0.717, 1.165) is 29.4 Å². The highest BCUT2D eigenvalue weighted by Crippen LogP contribution is 2.34. The third-order valence-electron chi connectivity index (χ3n) is 4.57. The van der Waals surface area contributed by atoms with Gasteiger partial charge in [-0.1, -0.05) is 19.3 Å². The first-order valence-electron chi connectivity index (χ1n) is 9.05. The summed E-state index contributed by atoms with van der Waals surface area (Å²) in [5.74, 6) is -0.602. The maximum atomic E-state index is 13.6. The van der Waals surface area contributed by atoms with Crippen molar-refractivity contribution in [2.75, 3.05) is 0 Å². The zero-order valence-electron chi connectivity index (χ0n) is 15.2. The number of halogens is 1. The first-order chi connectivity index (χ1) is 11.8. The molecule has 2 aromatic rings. The molecule has 0 atom stereocenters. The van der Waals surface area contributed by atoms with Gasteiger partial charge in [0.1, 0.15) is 11.4 Å². The van der Waals surface area contributed by atoms with Crippen LogP contribution < -0.4 is 0 Å². The van der Waals surface area contributed by atoms with Crippen LogP contribution in [0.3, 0.4) is 0 Å². The summed E-state index contributed by atoms with van der Waals surface area (Å²) >= 11 is 0. The summed E-state index contributed by atoms with van der Waals surface area (Å²) < 4.78 is 21.2. The lowest BCUT2D eigenvalue weighted by Gasteiger charge is -2.26. The number of benzene rings is 1. The second-order valence-electron chi connectivity index (χ2n) is 7.80. The van der Waals surface area contributed by atoms with Crippen LogP contribution in [-0.4, -0.2) is 16.1 Å². The number of nitrogens with zero attached hydrogens (tertiary/aromatic N) is 1. The Bertz CT molecular complexity index is 792. The number of carbonyl (C=O) groups excluding carboxylic acids is 1. The molecule has 1 aliphatic rings. The number of hydrogen-bond acceptors (Lipinski definition) is 2. The molecule has 0 N–H and O–H groups in total. The molecule has 134 valence electrons. The quantitative estimate of drug-likeness (QED) is 0.533. The van der Waals surface area contributed by atoms with Crippen LogP contribution in [0, 0.1) is 5.82 Å². The minimum absolute atomic E-state index is 0.240. The standard InChI is InChI=1S/C21H26FNO2/c1-21(2,3)25-20(24)12-10-18-14-15-13-16(22)9-11-19(15)23(18)17-7-5-4-6-8-17/h9-14,17H,4-8H2,1-3H3/b12-10+. The van der Waals surface area contributed by atoms with Crippen LogP contribution in [0.15, 0.2) is 30.3 Å². The zero-order valence-corrected chi connectivity index (χ0v) is 15.2. The van der Waals surface area contributed by atoms with Gasteiger partial charge in [-0.15, -0.1) is 0 Å². The number of rotatable bonds is 3. The summed E-state index contributed by atoms with van der Waals surface area (Å²) in [5, 5.41) is 0.870. The Hall–Kier alpha value is -2.10. The van der Waals surface area contributed by atoms with Crippen molar-refractivity contribution in [1.82, 2.24) is 4.57 Å². The molecule has 1 aromatic heterocycles. The molecule has 1 heterocycles. The molecule has 4 heteroatoms. The van der Waals surface area contributed by atoms with Gasteiger partial charge in [-0.25, -0.2) is 9.18 Å². The Morgan fingerprint density at radius 2 is 1.92 bits per heavy atom. The molecule has 3 rings (SSSR count). The number of hydrogen-bond donors (Lipinski definition) is 0. The predicted octanol–water partition coefficient (Wildman–Crippen LogP) is 5.64. The third-order valence-corrected chi connectivity index (χ3v) is 4.57. The lowest BCUT2D eigenvalue weighted by molar-refractivity contribution is -0.148. The van der Waals surface area contributed by atoms with Gasteiger partial charge >= 0.3 is 5.97 Å². The molecule has 0 radical (unpaired) electrons. The van der Waals surface area contributed by atoms with Gasteiger partial charge in [0, 0.05) is 28.7 Å². The van der Waals surface area contributed by atoms with Crippen molar-refractivity contribution in [2.45, 2.75) is 64.5 Å². The van der Waals surface area contributed by atoms with Gasteiger partial charge in [0.2, 0.25) is 0 Å². The molecule has 3 nitrogen and oxygen atoms in total. The highest BCUT2D eigenvalue weighted by Gasteiger charge is 2.20. The largest absolute Gasteiger partial charge is 0.457 e. The highest BCUT2D eigenvalue weighted by molar-refractivity contribution is 5.90. The number of carbonyl (C=O) groups is 1. The van der Waals surface area contributed by atoms with Crippen molar-refractivity contribution >= 4 is 22.9 Å². The molecule has 0 bridgehead atoms. The number of aromatic nitrogens is 1. The Labute approximate surface area is 148 Å². The Morgan fingerprint density at radius 1 is 1.20 bits per heavy atom. The van der Waals surface area contributed by atoms with E-state index in [1.54, 1.807) is 12.1 Å². The van der Waals surface area contributed by atoms with E-state index < -0.39 is 5.60 Å². The maximum Gasteiger partial charge on any atom is 0.331 e. The van der Waals surface area contributed by atoms with E-state index >= 15 is 0 Å². The minimum Gasteiger partial charge on any atom is -0.457 e. The van der Waals surface area contributed by atoms with E-state index in [2.05, 4.69) is 4.57 Å². The van der Waals surface area contributed by atoms with Gasteiger partial charge < -0.3 is 9.30 Å². The van der Waals surface area contributed by atoms with Gasteiger partial charge in [-0.3, -0.25) is 0 Å². The molecule has 0 aliphatic heterocycles. The summed E-state index contributed by atoms with van der Waals surface area (Å²) in [6.07, 6.45) is 9.19. The Morgan fingerprint density at radius 3 is 2.60 bits per heavy atom. The summed E-state index contributed by atoms with van der Waals surface area (Å²) in [4.78, 5) is 12.0. The molecule has 0 unspecified atom stereocenters. The Kier molecular flexibility index (Phi) is 4.98. The number of fused-ring (bicyclic) bond motifs is 1. The van der Waals surface area contributed by atoms with Gasteiger partial charge in [0.25, 0.3) is 0 Å². The lowest BCUT2D eigenvalue weighted by atomic mass is 9.95.